The summed E-state index contributed by atoms with van der Waals surface area (Å²) >= 11 is 7.48. The summed E-state index contributed by atoms with van der Waals surface area (Å²) in [6.45, 7) is 0.300. The molecule has 0 unspecified atom stereocenters. The fraction of sp³-hybridized carbons (Fsp3) is 0.444. The number of carbonyl (C=O) groups is 1. The molecular weight excluding hydrogens is 399 g/mol. The molecule has 1 saturated heterocycles. The number of anilines is 1. The van der Waals surface area contributed by atoms with Crippen LogP contribution in [0.15, 0.2) is 30.5 Å². The molecule has 27 heavy (non-hydrogen) atoms. The number of likely N-dealkylation sites (tertiary alicyclic amines) is 1. The lowest BCUT2D eigenvalue weighted by atomic mass is 9.97. The minimum absolute atomic E-state index is 0.0635. The van der Waals surface area contributed by atoms with Crippen molar-refractivity contribution in [3.63, 3.8) is 0 Å². The molecule has 0 spiro atoms. The van der Waals surface area contributed by atoms with E-state index in [0.717, 1.165) is 10.4 Å². The highest BCUT2D eigenvalue weighted by atomic mass is 35.5. The smallest absolute Gasteiger partial charge is 0.301 e. The molecule has 1 aliphatic heterocycles. The van der Waals surface area contributed by atoms with Crippen LogP contribution in [0.25, 0.3) is 0 Å². The molecule has 0 radical (unpaired) electrons. The summed E-state index contributed by atoms with van der Waals surface area (Å²) < 4.78 is 38.6. The number of piperidine rings is 1. The fourth-order valence-corrected chi connectivity index (χ4v) is 4.16. The number of benzene rings is 1. The Morgan fingerprint density at radius 3 is 2.89 bits per heavy atom. The molecular formula is C18H19ClF3N3OS. The molecule has 146 valence electrons. The van der Waals surface area contributed by atoms with Gasteiger partial charge in [-0.3, -0.25) is 9.69 Å². The van der Waals surface area contributed by atoms with Crippen molar-refractivity contribution in [2.75, 3.05) is 25.0 Å². The van der Waals surface area contributed by atoms with Gasteiger partial charge in [-0.1, -0.05) is 29.8 Å². The molecule has 3 rings (SSSR count). The van der Waals surface area contributed by atoms with E-state index < -0.39 is 12.1 Å². The Balaban J connectivity index is 1.53. The molecule has 1 N–H and O–H groups in total. The third-order valence-electron chi connectivity index (χ3n) is 4.46. The summed E-state index contributed by atoms with van der Waals surface area (Å²) in [5.41, 5.74) is 0.965. The molecule has 2 heterocycles. The summed E-state index contributed by atoms with van der Waals surface area (Å²) in [5, 5.41) is 3.78. The summed E-state index contributed by atoms with van der Waals surface area (Å²) in [5.74, 6) is -1.71. The van der Waals surface area contributed by atoms with E-state index in [4.69, 9.17) is 11.6 Å². The maximum Gasteiger partial charge on any atom is 0.393 e. The van der Waals surface area contributed by atoms with Crippen molar-refractivity contribution in [1.82, 2.24) is 9.88 Å². The Bertz CT molecular complexity index is 796. The molecule has 0 aliphatic carbocycles. The molecule has 4 nitrogen and oxygen atoms in total. The largest absolute Gasteiger partial charge is 0.393 e. The van der Waals surface area contributed by atoms with Gasteiger partial charge in [0.1, 0.15) is 0 Å². The van der Waals surface area contributed by atoms with E-state index in [-0.39, 0.29) is 25.4 Å². The second kappa shape index (κ2) is 8.58. The summed E-state index contributed by atoms with van der Waals surface area (Å²) in [6, 6.07) is 7.49. The number of alkyl halides is 3. The van der Waals surface area contributed by atoms with Gasteiger partial charge in [-0.25, -0.2) is 4.98 Å². The van der Waals surface area contributed by atoms with Gasteiger partial charge in [0.2, 0.25) is 5.91 Å². The first kappa shape index (κ1) is 20.1. The normalized spacial score (nSPS) is 18.4. The van der Waals surface area contributed by atoms with Crippen molar-refractivity contribution in [2.24, 2.45) is 5.92 Å². The monoisotopic (exact) mass is 417 g/mol. The number of nitrogens with zero attached hydrogens (tertiary/aromatic N) is 2. The number of nitrogens with one attached hydrogen (secondary N) is 1. The van der Waals surface area contributed by atoms with Crippen molar-refractivity contribution < 1.29 is 18.0 Å². The lowest BCUT2D eigenvalue weighted by Crippen LogP contribution is -2.44. The van der Waals surface area contributed by atoms with Gasteiger partial charge >= 0.3 is 6.18 Å². The number of carbonyl (C=O) groups excluding carboxylic acids is 1. The molecule has 1 aliphatic rings. The number of hydrogen-bond donors (Lipinski definition) is 1. The van der Waals surface area contributed by atoms with Gasteiger partial charge in [-0.2, -0.15) is 13.2 Å². The Morgan fingerprint density at radius 2 is 2.15 bits per heavy atom. The third kappa shape index (κ3) is 5.67. The lowest BCUT2D eigenvalue weighted by Gasteiger charge is -2.33. The summed E-state index contributed by atoms with van der Waals surface area (Å²) in [6.07, 6.45) is -1.37. The van der Waals surface area contributed by atoms with Crippen LogP contribution >= 0.6 is 22.9 Å². The van der Waals surface area contributed by atoms with Crippen LogP contribution in [-0.2, 0) is 11.2 Å². The minimum atomic E-state index is -4.21. The first-order valence-corrected chi connectivity index (χ1v) is 9.78. The zero-order chi connectivity index (χ0) is 19.4. The van der Waals surface area contributed by atoms with Crippen molar-refractivity contribution >= 4 is 34.0 Å². The highest BCUT2D eigenvalue weighted by Gasteiger charge is 2.41. The van der Waals surface area contributed by atoms with E-state index in [9.17, 15) is 18.0 Å². The standard InChI is InChI=1S/C18H19ClF3N3OS/c19-15-6-2-1-4-12(15)8-14-9-23-17(27-14)24-16(26)11-25-7-3-5-13(10-25)18(20,21)22/h1-2,4,6,9,13H,3,5,7-8,10-11H2,(H,23,24,26)/t13-/m0/s1. The zero-order valence-corrected chi connectivity index (χ0v) is 16.0. The molecule has 1 amide bonds. The predicted octanol–water partition coefficient (Wildman–Crippen LogP) is 4.60. The average Bonchev–Trinajstić information content (AvgIpc) is 3.03. The van der Waals surface area contributed by atoms with E-state index in [0.29, 0.717) is 29.5 Å². The Labute approximate surface area is 164 Å². The SMILES string of the molecule is O=C(CN1CCC[C@H](C(F)(F)F)C1)Nc1ncc(Cc2ccccc2Cl)s1. The number of hydrogen-bond acceptors (Lipinski definition) is 4. The maximum atomic E-state index is 12.9. The van der Waals surface area contributed by atoms with E-state index in [1.807, 2.05) is 24.3 Å². The number of aromatic nitrogens is 1. The van der Waals surface area contributed by atoms with Gasteiger partial charge in [0.25, 0.3) is 0 Å². The van der Waals surface area contributed by atoms with Crippen molar-refractivity contribution in [3.05, 3.63) is 45.9 Å². The van der Waals surface area contributed by atoms with Crippen molar-refractivity contribution in [2.45, 2.75) is 25.4 Å². The van der Waals surface area contributed by atoms with Crippen molar-refractivity contribution in [1.29, 1.82) is 0 Å². The third-order valence-corrected chi connectivity index (χ3v) is 5.74. The lowest BCUT2D eigenvalue weighted by molar-refractivity contribution is -0.186. The van der Waals surface area contributed by atoms with Crippen LogP contribution in [0, 0.1) is 5.92 Å². The average molecular weight is 418 g/mol. The van der Waals surface area contributed by atoms with Crippen LogP contribution in [0.5, 0.6) is 0 Å². The quantitative estimate of drug-likeness (QED) is 0.773. The maximum absolute atomic E-state index is 12.9. The van der Waals surface area contributed by atoms with E-state index in [1.165, 1.54) is 11.3 Å². The molecule has 1 aromatic heterocycles. The molecule has 0 saturated carbocycles. The molecule has 9 heteroatoms. The molecule has 1 aromatic carbocycles. The van der Waals surface area contributed by atoms with Crippen LogP contribution < -0.4 is 5.32 Å². The predicted molar refractivity (Wildman–Crippen MR) is 100 cm³/mol. The second-order valence-electron chi connectivity index (χ2n) is 6.56. The van der Waals surface area contributed by atoms with Gasteiger partial charge in [0, 0.05) is 29.1 Å². The van der Waals surface area contributed by atoms with Gasteiger partial charge in [0.05, 0.1) is 12.5 Å². The highest BCUT2D eigenvalue weighted by Crippen LogP contribution is 2.33. The number of amides is 1. The number of thiazole rings is 1. The van der Waals surface area contributed by atoms with Gasteiger partial charge in [-0.05, 0) is 31.0 Å². The molecule has 2 aromatic rings. The molecule has 1 atom stereocenters. The highest BCUT2D eigenvalue weighted by molar-refractivity contribution is 7.15. The first-order valence-electron chi connectivity index (χ1n) is 8.58. The van der Waals surface area contributed by atoms with Gasteiger partial charge in [0.15, 0.2) is 5.13 Å². The van der Waals surface area contributed by atoms with E-state index in [2.05, 4.69) is 10.3 Å². The zero-order valence-electron chi connectivity index (χ0n) is 14.4. The first-order chi connectivity index (χ1) is 12.8. The van der Waals surface area contributed by atoms with E-state index >= 15 is 0 Å². The van der Waals surface area contributed by atoms with Crippen LogP contribution in [0.2, 0.25) is 5.02 Å². The van der Waals surface area contributed by atoms with E-state index in [1.54, 1.807) is 11.1 Å². The molecule has 0 bridgehead atoms. The van der Waals surface area contributed by atoms with Crippen molar-refractivity contribution in [3.8, 4) is 0 Å². The van der Waals surface area contributed by atoms with Gasteiger partial charge < -0.3 is 5.32 Å². The number of rotatable bonds is 5. The Kier molecular flexibility index (Phi) is 6.39. The second-order valence-corrected chi connectivity index (χ2v) is 8.09. The van der Waals surface area contributed by atoms with Crippen LogP contribution in [0.1, 0.15) is 23.3 Å². The number of halogens is 4. The summed E-state index contributed by atoms with van der Waals surface area (Å²) in [7, 11) is 0. The Hall–Kier alpha value is -1.64. The minimum Gasteiger partial charge on any atom is -0.301 e. The van der Waals surface area contributed by atoms with Gasteiger partial charge in [-0.15, -0.1) is 11.3 Å². The topological polar surface area (TPSA) is 45.2 Å². The van der Waals surface area contributed by atoms with Crippen LogP contribution in [-0.4, -0.2) is 41.6 Å². The molecule has 1 fully saturated rings. The summed E-state index contributed by atoms with van der Waals surface area (Å²) in [4.78, 5) is 18.8. The Morgan fingerprint density at radius 1 is 1.37 bits per heavy atom. The fourth-order valence-electron chi connectivity index (χ4n) is 3.10. The van der Waals surface area contributed by atoms with Crippen LogP contribution in [0.3, 0.4) is 0 Å². The van der Waals surface area contributed by atoms with Crippen LogP contribution in [0.4, 0.5) is 18.3 Å².